The first kappa shape index (κ1) is 32.6. The molecule has 3 amide bonds. The van der Waals surface area contributed by atoms with Gasteiger partial charge in [-0.25, -0.2) is 9.59 Å². The summed E-state index contributed by atoms with van der Waals surface area (Å²) in [5.74, 6) is -0.553. The van der Waals surface area contributed by atoms with Crippen molar-refractivity contribution in [2.75, 3.05) is 7.11 Å². The second kappa shape index (κ2) is 15.3. The largest absolute Gasteiger partial charge is 0.453 e. The molecule has 3 atom stereocenters. The minimum atomic E-state index is -1.69. The van der Waals surface area contributed by atoms with Crippen molar-refractivity contribution in [3.63, 3.8) is 0 Å². The molecule has 11 heteroatoms. The van der Waals surface area contributed by atoms with E-state index in [1.165, 1.54) is 18.4 Å². The van der Waals surface area contributed by atoms with Gasteiger partial charge in [-0.2, -0.15) is 0 Å². The van der Waals surface area contributed by atoms with Crippen LogP contribution in [0.3, 0.4) is 0 Å². The third-order valence-corrected chi connectivity index (χ3v) is 7.41. The highest BCUT2D eigenvalue weighted by molar-refractivity contribution is 7.09. The molecule has 0 radical (unpaired) electrons. The molecule has 0 saturated carbocycles. The first-order valence-corrected chi connectivity index (χ1v) is 14.6. The maximum absolute atomic E-state index is 13.5. The molecule has 4 N–H and O–H groups in total. The second-order valence-corrected chi connectivity index (χ2v) is 12.2. The SMILES string of the molecule is COC(=O)N[C@H](C(=O)N[C@](O)(CC[C@@H](Cc1ccccc1)NC(=O)OCc1cncs1)Cc1ccccc1)C(C)(C)C. The van der Waals surface area contributed by atoms with Crippen molar-refractivity contribution >= 4 is 29.4 Å². The number of carbonyl (C=O) groups excluding carboxylic acids is 3. The lowest BCUT2D eigenvalue weighted by molar-refractivity contribution is -0.134. The van der Waals surface area contributed by atoms with Gasteiger partial charge in [0.05, 0.1) is 17.5 Å². The minimum absolute atomic E-state index is 0.101. The van der Waals surface area contributed by atoms with Gasteiger partial charge in [0.1, 0.15) is 18.4 Å². The third-order valence-electron chi connectivity index (χ3n) is 6.65. The Labute approximate surface area is 250 Å². The van der Waals surface area contributed by atoms with Gasteiger partial charge < -0.3 is 30.5 Å². The maximum Gasteiger partial charge on any atom is 0.407 e. The van der Waals surface area contributed by atoms with Gasteiger partial charge in [0.15, 0.2) is 0 Å². The van der Waals surface area contributed by atoms with E-state index in [0.717, 1.165) is 16.0 Å². The lowest BCUT2D eigenvalue weighted by Crippen LogP contribution is -2.60. The summed E-state index contributed by atoms with van der Waals surface area (Å²) < 4.78 is 10.1. The number of ether oxygens (including phenoxy) is 2. The molecule has 10 nitrogen and oxygen atoms in total. The number of amides is 3. The molecule has 1 aromatic heterocycles. The van der Waals surface area contributed by atoms with E-state index >= 15 is 0 Å². The van der Waals surface area contributed by atoms with Gasteiger partial charge in [0, 0.05) is 18.7 Å². The molecule has 42 heavy (non-hydrogen) atoms. The molecule has 1 heterocycles. The van der Waals surface area contributed by atoms with Crippen LogP contribution in [-0.4, -0.2) is 53.1 Å². The monoisotopic (exact) mass is 596 g/mol. The van der Waals surface area contributed by atoms with Crippen LogP contribution in [0.4, 0.5) is 9.59 Å². The summed E-state index contributed by atoms with van der Waals surface area (Å²) in [5.41, 5.74) is 1.11. The number of hydrogen-bond donors (Lipinski definition) is 4. The number of methoxy groups -OCH3 is 1. The van der Waals surface area contributed by atoms with Crippen molar-refractivity contribution in [3.05, 3.63) is 88.4 Å². The van der Waals surface area contributed by atoms with E-state index in [2.05, 4.69) is 20.9 Å². The Bertz CT molecular complexity index is 1270. The molecule has 0 unspecified atom stereocenters. The van der Waals surface area contributed by atoms with Gasteiger partial charge in [0.25, 0.3) is 0 Å². The van der Waals surface area contributed by atoms with E-state index in [1.54, 1.807) is 32.5 Å². The van der Waals surface area contributed by atoms with Gasteiger partial charge in [-0.1, -0.05) is 81.4 Å². The Morgan fingerprint density at radius 3 is 2.17 bits per heavy atom. The number of alkyl carbamates (subject to hydrolysis) is 2. The number of hydrogen-bond acceptors (Lipinski definition) is 8. The highest BCUT2D eigenvalue weighted by atomic mass is 32.1. The summed E-state index contributed by atoms with van der Waals surface area (Å²) in [7, 11) is 1.22. The van der Waals surface area contributed by atoms with Crippen LogP contribution in [0.25, 0.3) is 0 Å². The Kier molecular flexibility index (Phi) is 11.9. The highest BCUT2D eigenvalue weighted by Crippen LogP contribution is 2.24. The van der Waals surface area contributed by atoms with Crippen molar-refractivity contribution in [2.45, 2.75) is 70.9 Å². The fraction of sp³-hybridized carbons (Fsp3) is 0.419. The average molecular weight is 597 g/mol. The smallest absolute Gasteiger partial charge is 0.407 e. The molecule has 0 bridgehead atoms. The summed E-state index contributed by atoms with van der Waals surface area (Å²) in [6.45, 7) is 5.52. The van der Waals surface area contributed by atoms with Crippen molar-refractivity contribution in [1.82, 2.24) is 20.9 Å². The summed E-state index contributed by atoms with van der Waals surface area (Å²) in [6.07, 6.45) is 1.33. The Balaban J connectivity index is 1.79. The van der Waals surface area contributed by atoms with E-state index in [-0.39, 0.29) is 19.4 Å². The summed E-state index contributed by atoms with van der Waals surface area (Å²) >= 11 is 1.39. The first-order valence-electron chi connectivity index (χ1n) is 13.7. The van der Waals surface area contributed by atoms with Crippen LogP contribution in [0.5, 0.6) is 0 Å². The summed E-state index contributed by atoms with van der Waals surface area (Å²) in [6, 6.07) is 17.6. The van der Waals surface area contributed by atoms with E-state index in [4.69, 9.17) is 9.47 Å². The highest BCUT2D eigenvalue weighted by Gasteiger charge is 2.38. The fourth-order valence-electron chi connectivity index (χ4n) is 4.48. The molecule has 2 aromatic carbocycles. The molecular weight excluding hydrogens is 556 g/mol. The molecule has 3 rings (SSSR count). The number of nitrogens with one attached hydrogen (secondary N) is 3. The molecule has 226 valence electrons. The van der Waals surface area contributed by atoms with Crippen molar-refractivity contribution in [3.8, 4) is 0 Å². The van der Waals surface area contributed by atoms with Gasteiger partial charge >= 0.3 is 12.2 Å². The Hall–Kier alpha value is -3.96. The van der Waals surface area contributed by atoms with Gasteiger partial charge in [-0.3, -0.25) is 9.78 Å². The average Bonchev–Trinajstić information content (AvgIpc) is 3.47. The van der Waals surface area contributed by atoms with Crippen LogP contribution >= 0.6 is 11.3 Å². The zero-order valence-corrected chi connectivity index (χ0v) is 25.3. The van der Waals surface area contributed by atoms with E-state index in [9.17, 15) is 19.5 Å². The van der Waals surface area contributed by atoms with Crippen molar-refractivity contribution in [2.24, 2.45) is 5.41 Å². The molecule has 3 aromatic rings. The van der Waals surface area contributed by atoms with Crippen molar-refractivity contribution < 1.29 is 29.0 Å². The summed E-state index contributed by atoms with van der Waals surface area (Å²) in [4.78, 5) is 43.1. The van der Waals surface area contributed by atoms with Gasteiger partial charge in [0.2, 0.25) is 5.91 Å². The number of nitrogens with zero attached hydrogens (tertiary/aromatic N) is 1. The first-order chi connectivity index (χ1) is 20.0. The minimum Gasteiger partial charge on any atom is -0.453 e. The van der Waals surface area contributed by atoms with Crippen LogP contribution < -0.4 is 16.0 Å². The molecule has 0 spiro atoms. The Morgan fingerprint density at radius 2 is 1.60 bits per heavy atom. The normalized spacial score (nSPS) is 14.1. The van der Waals surface area contributed by atoms with E-state index < -0.39 is 41.3 Å². The molecule has 0 aliphatic heterocycles. The standard InChI is InChI=1S/C31H40N4O6S/c1-30(2,3)26(34-28(37)40-4)27(36)35-31(39,18-23-13-9-6-10-14-23)16-15-24(17-22-11-7-5-8-12-22)33-29(38)41-20-25-19-32-21-42-25/h5-14,19,21,24,26,39H,15-18,20H2,1-4H3,(H,33,38)(H,34,37)(H,35,36)/t24-,26+,31-/m0/s1. The lowest BCUT2D eigenvalue weighted by atomic mass is 9.85. The lowest BCUT2D eigenvalue weighted by Gasteiger charge is -2.36. The zero-order chi connectivity index (χ0) is 30.6. The van der Waals surface area contributed by atoms with Gasteiger partial charge in [-0.15, -0.1) is 11.3 Å². The van der Waals surface area contributed by atoms with Crippen LogP contribution in [0.2, 0.25) is 0 Å². The zero-order valence-electron chi connectivity index (χ0n) is 24.5. The molecule has 0 aliphatic rings. The number of carbonyl (C=O) groups is 3. The molecule has 0 fully saturated rings. The number of aliphatic hydroxyl groups is 1. The van der Waals surface area contributed by atoms with Crippen LogP contribution in [0.1, 0.15) is 49.6 Å². The molecule has 0 aliphatic carbocycles. The number of rotatable bonds is 13. The predicted octanol–water partition coefficient (Wildman–Crippen LogP) is 4.58. The van der Waals surface area contributed by atoms with E-state index in [0.29, 0.717) is 12.8 Å². The quantitative estimate of drug-likeness (QED) is 0.212. The van der Waals surface area contributed by atoms with Gasteiger partial charge in [-0.05, 0) is 35.8 Å². The summed E-state index contributed by atoms with van der Waals surface area (Å²) in [5, 5.41) is 20.2. The van der Waals surface area contributed by atoms with E-state index in [1.807, 2.05) is 60.7 Å². The van der Waals surface area contributed by atoms with Crippen LogP contribution in [0.15, 0.2) is 72.4 Å². The molecule has 0 saturated heterocycles. The molecular formula is C31H40N4O6S. The topological polar surface area (TPSA) is 139 Å². The van der Waals surface area contributed by atoms with Crippen LogP contribution in [-0.2, 0) is 33.7 Å². The fourth-order valence-corrected chi connectivity index (χ4v) is 4.98. The predicted molar refractivity (Wildman–Crippen MR) is 161 cm³/mol. The van der Waals surface area contributed by atoms with Crippen molar-refractivity contribution in [1.29, 1.82) is 0 Å². The number of thiazole rings is 1. The maximum atomic E-state index is 13.5. The number of benzene rings is 2. The van der Waals surface area contributed by atoms with Crippen LogP contribution in [0, 0.1) is 5.41 Å². The number of aromatic nitrogens is 1. The third kappa shape index (κ3) is 10.8. The Morgan fingerprint density at radius 1 is 0.952 bits per heavy atom. The second-order valence-electron chi connectivity index (χ2n) is 11.2.